The average Bonchev–Trinajstić information content (AvgIpc) is 3.29. The van der Waals surface area contributed by atoms with E-state index >= 15 is 0 Å². The number of alkyl halides is 2. The topological polar surface area (TPSA) is 114 Å². The second kappa shape index (κ2) is 10.8. The molecule has 0 spiro atoms. The molecule has 3 heterocycles. The molecule has 1 amide bonds. The molecule has 0 bridgehead atoms. The molecule has 2 N–H and O–H groups in total. The summed E-state index contributed by atoms with van der Waals surface area (Å²) in [4.78, 5) is 14.8. The van der Waals surface area contributed by atoms with Gasteiger partial charge in [-0.25, -0.2) is 0 Å². The number of anilines is 3. The lowest BCUT2D eigenvalue weighted by atomic mass is 10.1. The van der Waals surface area contributed by atoms with Gasteiger partial charge >= 0.3 is 6.61 Å². The third kappa shape index (κ3) is 5.90. The highest BCUT2D eigenvalue weighted by Crippen LogP contribution is 2.25. The van der Waals surface area contributed by atoms with Crippen LogP contribution in [0.2, 0.25) is 0 Å². The van der Waals surface area contributed by atoms with Crippen molar-refractivity contribution in [3.05, 3.63) is 60.3 Å². The summed E-state index contributed by atoms with van der Waals surface area (Å²) < 4.78 is 34.6. The summed E-state index contributed by atoms with van der Waals surface area (Å²) in [5, 5.41) is 22.2. The van der Waals surface area contributed by atoms with Gasteiger partial charge in [0.05, 0.1) is 0 Å². The van der Waals surface area contributed by atoms with E-state index in [0.717, 1.165) is 25.3 Å². The number of amides is 1. The van der Waals surface area contributed by atoms with Gasteiger partial charge in [-0.15, -0.1) is 15.3 Å². The number of hydrogen-bond donors (Lipinski definition) is 2. The van der Waals surface area contributed by atoms with Gasteiger partial charge in [-0.1, -0.05) is 12.1 Å². The Morgan fingerprint density at radius 1 is 1.12 bits per heavy atom. The van der Waals surface area contributed by atoms with E-state index in [2.05, 4.69) is 40.7 Å². The predicted octanol–water partition coefficient (Wildman–Crippen LogP) is 2.89. The molecule has 34 heavy (non-hydrogen) atoms. The van der Waals surface area contributed by atoms with Crippen molar-refractivity contribution in [2.75, 3.05) is 35.7 Å². The molecule has 0 radical (unpaired) electrons. The van der Waals surface area contributed by atoms with Crippen molar-refractivity contribution < 1.29 is 23.0 Å². The summed E-state index contributed by atoms with van der Waals surface area (Å²) in [6.45, 7) is -1.45. The summed E-state index contributed by atoms with van der Waals surface area (Å²) in [6.07, 6.45) is 1.48. The van der Waals surface area contributed by atoms with E-state index in [4.69, 9.17) is 4.74 Å². The molecular weight excluding hydrogens is 448 g/mol. The van der Waals surface area contributed by atoms with Crippen molar-refractivity contribution in [3.63, 3.8) is 0 Å². The van der Waals surface area contributed by atoms with Gasteiger partial charge in [0, 0.05) is 32.4 Å². The Balaban J connectivity index is 1.35. The van der Waals surface area contributed by atoms with E-state index in [1.54, 1.807) is 24.4 Å². The first-order valence-corrected chi connectivity index (χ1v) is 10.5. The lowest BCUT2D eigenvalue weighted by Crippen LogP contribution is -2.27. The van der Waals surface area contributed by atoms with Crippen LogP contribution in [0.15, 0.2) is 54.7 Å². The minimum atomic E-state index is -2.97. The smallest absolute Gasteiger partial charge is 0.387 e. The number of halogens is 2. The van der Waals surface area contributed by atoms with Gasteiger partial charge in [0.2, 0.25) is 0 Å². The molecule has 2 aromatic heterocycles. The Hall–Kier alpha value is -3.93. The Labute approximate surface area is 194 Å². The zero-order valence-electron chi connectivity index (χ0n) is 18.3. The van der Waals surface area contributed by atoms with Gasteiger partial charge in [-0.2, -0.15) is 13.9 Å². The SMILES string of the molecule is CO[C@H](C(=O)Nc1ccc(N2CC[C@@H](Nc3cccnn3)C2)nn1)c1cccc(OC(F)F)c1. The molecule has 1 aliphatic rings. The first-order chi connectivity index (χ1) is 16.5. The van der Waals surface area contributed by atoms with Crippen LogP contribution in [0, 0.1) is 0 Å². The van der Waals surface area contributed by atoms with Gasteiger partial charge < -0.3 is 25.0 Å². The summed E-state index contributed by atoms with van der Waals surface area (Å²) in [7, 11) is 1.35. The maximum atomic E-state index is 12.7. The van der Waals surface area contributed by atoms with Gasteiger partial charge in [0.25, 0.3) is 5.91 Å². The van der Waals surface area contributed by atoms with Crippen molar-refractivity contribution >= 4 is 23.4 Å². The Bertz CT molecular complexity index is 1090. The van der Waals surface area contributed by atoms with Crippen molar-refractivity contribution in [2.45, 2.75) is 25.2 Å². The molecule has 10 nitrogen and oxygen atoms in total. The highest BCUT2D eigenvalue weighted by Gasteiger charge is 2.25. The second-order valence-corrected chi connectivity index (χ2v) is 7.52. The molecule has 2 atom stereocenters. The maximum absolute atomic E-state index is 12.7. The van der Waals surface area contributed by atoms with E-state index in [1.807, 2.05) is 12.1 Å². The Morgan fingerprint density at radius 2 is 2.00 bits per heavy atom. The normalized spacial score (nSPS) is 16.4. The average molecular weight is 471 g/mol. The van der Waals surface area contributed by atoms with Gasteiger partial charge in [0.15, 0.2) is 17.7 Å². The van der Waals surface area contributed by atoms with E-state index in [-0.39, 0.29) is 17.6 Å². The monoisotopic (exact) mass is 471 g/mol. The summed E-state index contributed by atoms with van der Waals surface area (Å²) >= 11 is 0. The molecule has 178 valence electrons. The highest BCUT2D eigenvalue weighted by molar-refractivity contribution is 5.94. The molecule has 1 fully saturated rings. The fourth-order valence-corrected chi connectivity index (χ4v) is 3.67. The summed E-state index contributed by atoms with van der Waals surface area (Å²) in [5.41, 5.74) is 0.362. The molecule has 12 heteroatoms. The quantitative estimate of drug-likeness (QED) is 0.486. The van der Waals surface area contributed by atoms with Crippen LogP contribution in [0.1, 0.15) is 18.1 Å². The molecule has 0 unspecified atom stereocenters. The minimum Gasteiger partial charge on any atom is -0.435 e. The standard InChI is InChI=1S/C22H23F2N7O3/c1-33-20(14-4-2-5-16(12-14)34-22(23)24)21(32)27-18-7-8-19(30-29-18)31-11-9-15(13-31)26-17-6-3-10-25-28-17/h2-8,10,12,15,20,22H,9,11,13H2,1H3,(H,26,28)(H,27,29,32)/t15-,20+/m1/s1. The van der Waals surface area contributed by atoms with Crippen LogP contribution in [0.25, 0.3) is 0 Å². The van der Waals surface area contributed by atoms with Crippen LogP contribution in [0.3, 0.4) is 0 Å². The third-order valence-corrected chi connectivity index (χ3v) is 5.20. The van der Waals surface area contributed by atoms with Crippen LogP contribution < -0.4 is 20.3 Å². The van der Waals surface area contributed by atoms with E-state index < -0.39 is 18.6 Å². The summed E-state index contributed by atoms with van der Waals surface area (Å²) in [5.74, 6) is 1.06. The summed E-state index contributed by atoms with van der Waals surface area (Å²) in [6, 6.07) is 13.1. The minimum absolute atomic E-state index is 0.0655. The molecule has 0 saturated carbocycles. The number of benzene rings is 1. The van der Waals surface area contributed by atoms with Gasteiger partial charge in [-0.3, -0.25) is 4.79 Å². The number of nitrogens with one attached hydrogen (secondary N) is 2. The van der Waals surface area contributed by atoms with Crippen LogP contribution in [-0.4, -0.2) is 59.2 Å². The van der Waals surface area contributed by atoms with Crippen molar-refractivity contribution in [3.8, 4) is 5.75 Å². The van der Waals surface area contributed by atoms with Crippen molar-refractivity contribution in [2.24, 2.45) is 0 Å². The van der Waals surface area contributed by atoms with Gasteiger partial charge in [0.1, 0.15) is 11.6 Å². The first kappa shape index (κ1) is 23.2. The van der Waals surface area contributed by atoms with Gasteiger partial charge in [-0.05, 0) is 48.4 Å². The third-order valence-electron chi connectivity index (χ3n) is 5.20. The maximum Gasteiger partial charge on any atom is 0.387 e. The zero-order chi connectivity index (χ0) is 23.9. The fraction of sp³-hybridized carbons (Fsp3) is 0.318. The number of nitrogens with zero attached hydrogens (tertiary/aromatic N) is 5. The molecule has 1 saturated heterocycles. The van der Waals surface area contributed by atoms with Crippen LogP contribution in [-0.2, 0) is 9.53 Å². The molecular formula is C22H23F2N7O3. The number of ether oxygens (including phenoxy) is 2. The lowest BCUT2D eigenvalue weighted by molar-refractivity contribution is -0.126. The fourth-order valence-electron chi connectivity index (χ4n) is 3.67. The highest BCUT2D eigenvalue weighted by atomic mass is 19.3. The molecule has 0 aliphatic carbocycles. The van der Waals surface area contributed by atoms with Crippen molar-refractivity contribution in [1.29, 1.82) is 0 Å². The lowest BCUT2D eigenvalue weighted by Gasteiger charge is -2.18. The van der Waals surface area contributed by atoms with Crippen LogP contribution in [0.4, 0.5) is 26.2 Å². The molecule has 4 rings (SSSR count). The molecule has 1 aromatic carbocycles. The number of aromatic nitrogens is 4. The largest absolute Gasteiger partial charge is 0.435 e. The number of hydrogen-bond acceptors (Lipinski definition) is 9. The van der Waals surface area contributed by atoms with Crippen LogP contribution in [0.5, 0.6) is 5.75 Å². The van der Waals surface area contributed by atoms with E-state index in [9.17, 15) is 13.6 Å². The number of rotatable bonds is 9. The first-order valence-electron chi connectivity index (χ1n) is 10.5. The predicted molar refractivity (Wildman–Crippen MR) is 120 cm³/mol. The Morgan fingerprint density at radius 3 is 2.71 bits per heavy atom. The second-order valence-electron chi connectivity index (χ2n) is 7.52. The number of methoxy groups -OCH3 is 1. The Kier molecular flexibility index (Phi) is 7.38. The van der Waals surface area contributed by atoms with Crippen molar-refractivity contribution in [1.82, 2.24) is 20.4 Å². The zero-order valence-corrected chi connectivity index (χ0v) is 18.3. The number of carbonyl (C=O) groups excluding carboxylic acids is 1. The number of carbonyl (C=O) groups is 1. The van der Waals surface area contributed by atoms with E-state index in [1.165, 1.54) is 25.3 Å². The molecule has 3 aromatic rings. The van der Waals surface area contributed by atoms with E-state index in [0.29, 0.717) is 11.4 Å². The molecule has 1 aliphatic heterocycles. The van der Waals surface area contributed by atoms with Crippen LogP contribution >= 0.6 is 0 Å².